The Hall–Kier alpha value is -1.83. The Morgan fingerprint density at radius 3 is 2.48 bits per heavy atom. The maximum atomic E-state index is 12.5. The molecule has 0 aliphatic heterocycles. The van der Waals surface area contributed by atoms with Crippen molar-refractivity contribution in [1.29, 1.82) is 0 Å². The highest BCUT2D eigenvalue weighted by Crippen LogP contribution is 2.42. The fourth-order valence-corrected chi connectivity index (χ4v) is 3.51. The van der Waals surface area contributed by atoms with Crippen molar-refractivity contribution in [3.8, 4) is 0 Å². The third-order valence-corrected chi connectivity index (χ3v) is 5.25. The van der Waals surface area contributed by atoms with Crippen LogP contribution in [0.1, 0.15) is 57.9 Å². The minimum absolute atomic E-state index is 0.0331. The third-order valence-electron chi connectivity index (χ3n) is 5.25. The van der Waals surface area contributed by atoms with Crippen molar-refractivity contribution < 1.29 is 9.53 Å². The van der Waals surface area contributed by atoms with E-state index in [0.29, 0.717) is 0 Å². The lowest BCUT2D eigenvalue weighted by atomic mass is 9.78. The Morgan fingerprint density at radius 1 is 1.09 bits per heavy atom. The van der Waals surface area contributed by atoms with Crippen LogP contribution in [-0.2, 0) is 15.1 Å². The monoisotopic (exact) mass is 310 g/mol. The van der Waals surface area contributed by atoms with Gasteiger partial charge >= 0.3 is 5.97 Å². The van der Waals surface area contributed by atoms with E-state index in [2.05, 4.69) is 42.5 Å². The third kappa shape index (κ3) is 3.26. The van der Waals surface area contributed by atoms with Gasteiger partial charge in [0.2, 0.25) is 0 Å². The van der Waals surface area contributed by atoms with E-state index in [1.54, 1.807) is 0 Å². The fraction of sp³-hybridized carbons (Fsp3) is 0.476. The number of benzene rings is 2. The Labute approximate surface area is 138 Å². The zero-order valence-electron chi connectivity index (χ0n) is 14.2. The van der Waals surface area contributed by atoms with Crippen molar-refractivity contribution in [3.63, 3.8) is 0 Å². The zero-order valence-corrected chi connectivity index (χ0v) is 14.2. The van der Waals surface area contributed by atoms with E-state index in [9.17, 15) is 4.79 Å². The molecule has 0 spiro atoms. The Bertz CT molecular complexity index is 683. The van der Waals surface area contributed by atoms with Crippen LogP contribution in [0.4, 0.5) is 0 Å². The molecule has 2 heteroatoms. The highest BCUT2D eigenvalue weighted by Gasteiger charge is 2.38. The second kappa shape index (κ2) is 6.74. The second-order valence-electron chi connectivity index (χ2n) is 6.85. The summed E-state index contributed by atoms with van der Waals surface area (Å²) < 4.78 is 6.13. The van der Waals surface area contributed by atoms with Crippen molar-refractivity contribution in [1.82, 2.24) is 0 Å². The number of carbonyl (C=O) groups excluding carboxylic acids is 1. The van der Waals surface area contributed by atoms with Crippen LogP contribution in [0.3, 0.4) is 0 Å². The molecule has 0 saturated heterocycles. The molecule has 23 heavy (non-hydrogen) atoms. The number of hydrogen-bond donors (Lipinski definition) is 0. The molecule has 1 fully saturated rings. The van der Waals surface area contributed by atoms with Gasteiger partial charge in [0.25, 0.3) is 0 Å². The van der Waals surface area contributed by atoms with Gasteiger partial charge in [0.1, 0.15) is 5.60 Å². The molecule has 1 aliphatic rings. The van der Waals surface area contributed by atoms with Gasteiger partial charge in [-0.15, -0.1) is 0 Å². The molecule has 1 atom stereocenters. The van der Waals surface area contributed by atoms with Crippen molar-refractivity contribution in [2.75, 3.05) is 0 Å². The summed E-state index contributed by atoms with van der Waals surface area (Å²) in [5.41, 5.74) is 0.732. The van der Waals surface area contributed by atoms with E-state index in [0.717, 1.165) is 37.7 Å². The minimum Gasteiger partial charge on any atom is -0.454 e. The van der Waals surface area contributed by atoms with Crippen LogP contribution in [-0.4, -0.2) is 5.97 Å². The lowest BCUT2D eigenvalue weighted by molar-refractivity contribution is -0.169. The van der Waals surface area contributed by atoms with Crippen molar-refractivity contribution in [3.05, 3.63) is 48.0 Å². The quantitative estimate of drug-likeness (QED) is 0.688. The molecule has 0 N–H and O–H groups in total. The molecule has 1 unspecified atom stereocenters. The Morgan fingerprint density at radius 2 is 1.78 bits per heavy atom. The zero-order chi connectivity index (χ0) is 16.3. The maximum absolute atomic E-state index is 12.5. The lowest BCUT2D eigenvalue weighted by Gasteiger charge is -2.38. The SMILES string of the molecule is CCC(C)C(=O)OC1(c2ccc3ccccc3c2)CCCCC1. The van der Waals surface area contributed by atoms with E-state index < -0.39 is 5.60 Å². The number of rotatable bonds is 4. The molecule has 0 aromatic heterocycles. The summed E-state index contributed by atoms with van der Waals surface area (Å²) in [5, 5.41) is 2.45. The Balaban J connectivity index is 1.98. The van der Waals surface area contributed by atoms with E-state index in [-0.39, 0.29) is 11.9 Å². The minimum atomic E-state index is -0.428. The largest absolute Gasteiger partial charge is 0.454 e. The maximum Gasteiger partial charge on any atom is 0.309 e. The van der Waals surface area contributed by atoms with Crippen LogP contribution in [0.15, 0.2) is 42.5 Å². The molecular formula is C21H26O2. The van der Waals surface area contributed by atoms with Gasteiger partial charge < -0.3 is 4.74 Å². The van der Waals surface area contributed by atoms with Gasteiger partial charge in [0.15, 0.2) is 0 Å². The number of esters is 1. The van der Waals surface area contributed by atoms with E-state index in [1.165, 1.54) is 17.2 Å². The molecule has 1 saturated carbocycles. The molecule has 0 amide bonds. The highest BCUT2D eigenvalue weighted by molar-refractivity contribution is 5.83. The first-order chi connectivity index (χ1) is 11.1. The highest BCUT2D eigenvalue weighted by atomic mass is 16.6. The van der Waals surface area contributed by atoms with Gasteiger partial charge in [0, 0.05) is 0 Å². The summed E-state index contributed by atoms with van der Waals surface area (Å²) in [6, 6.07) is 14.9. The summed E-state index contributed by atoms with van der Waals surface area (Å²) in [6.07, 6.45) is 6.19. The van der Waals surface area contributed by atoms with Crippen LogP contribution in [0.25, 0.3) is 10.8 Å². The first kappa shape index (κ1) is 16.0. The molecule has 2 nitrogen and oxygen atoms in total. The summed E-state index contributed by atoms with van der Waals surface area (Å²) in [6.45, 7) is 3.99. The molecule has 3 rings (SSSR count). The summed E-state index contributed by atoms with van der Waals surface area (Å²) >= 11 is 0. The molecule has 0 radical (unpaired) electrons. The molecular weight excluding hydrogens is 284 g/mol. The number of ether oxygens (including phenoxy) is 1. The topological polar surface area (TPSA) is 26.3 Å². The standard InChI is InChI=1S/C21H26O2/c1-3-16(2)20(22)23-21(13-7-4-8-14-21)19-12-11-17-9-5-6-10-18(17)15-19/h5-6,9-12,15-16H,3-4,7-8,13-14H2,1-2H3. The van der Waals surface area contributed by atoms with Gasteiger partial charge in [0.05, 0.1) is 5.92 Å². The van der Waals surface area contributed by atoms with E-state index in [4.69, 9.17) is 4.74 Å². The van der Waals surface area contributed by atoms with Gasteiger partial charge in [-0.3, -0.25) is 4.79 Å². The van der Waals surface area contributed by atoms with Crippen LogP contribution >= 0.6 is 0 Å². The van der Waals surface area contributed by atoms with Gasteiger partial charge in [-0.05, 0) is 54.5 Å². The number of fused-ring (bicyclic) bond motifs is 1. The first-order valence-corrected chi connectivity index (χ1v) is 8.87. The van der Waals surface area contributed by atoms with Crippen LogP contribution < -0.4 is 0 Å². The first-order valence-electron chi connectivity index (χ1n) is 8.87. The van der Waals surface area contributed by atoms with Crippen LogP contribution in [0.5, 0.6) is 0 Å². The average molecular weight is 310 g/mol. The van der Waals surface area contributed by atoms with E-state index >= 15 is 0 Å². The smallest absolute Gasteiger partial charge is 0.309 e. The van der Waals surface area contributed by atoms with E-state index in [1.807, 2.05) is 13.8 Å². The molecule has 2 aromatic carbocycles. The van der Waals surface area contributed by atoms with Gasteiger partial charge in [-0.25, -0.2) is 0 Å². The molecule has 122 valence electrons. The molecule has 0 heterocycles. The Kier molecular flexibility index (Phi) is 4.70. The van der Waals surface area contributed by atoms with Gasteiger partial charge in [-0.2, -0.15) is 0 Å². The molecule has 1 aliphatic carbocycles. The summed E-state index contributed by atoms with van der Waals surface area (Å²) in [7, 11) is 0. The lowest BCUT2D eigenvalue weighted by Crippen LogP contribution is -2.36. The van der Waals surface area contributed by atoms with Crippen molar-refractivity contribution in [2.24, 2.45) is 5.92 Å². The normalized spacial score (nSPS) is 18.5. The van der Waals surface area contributed by atoms with Gasteiger partial charge in [-0.1, -0.05) is 56.7 Å². The number of hydrogen-bond acceptors (Lipinski definition) is 2. The predicted molar refractivity (Wildman–Crippen MR) is 94.3 cm³/mol. The summed E-state index contributed by atoms with van der Waals surface area (Å²) in [5.74, 6) is -0.0863. The second-order valence-corrected chi connectivity index (χ2v) is 6.85. The van der Waals surface area contributed by atoms with Crippen molar-refractivity contribution in [2.45, 2.75) is 58.0 Å². The van der Waals surface area contributed by atoms with Crippen LogP contribution in [0.2, 0.25) is 0 Å². The molecule has 2 aromatic rings. The molecule has 0 bridgehead atoms. The average Bonchev–Trinajstić information content (AvgIpc) is 2.61. The van der Waals surface area contributed by atoms with Crippen molar-refractivity contribution >= 4 is 16.7 Å². The number of carbonyl (C=O) groups is 1. The summed E-state index contributed by atoms with van der Waals surface area (Å²) in [4.78, 5) is 12.5. The van der Waals surface area contributed by atoms with Crippen LogP contribution in [0, 0.1) is 5.92 Å². The predicted octanol–water partition coefficient (Wildman–Crippen LogP) is 5.59. The fourth-order valence-electron chi connectivity index (χ4n) is 3.51.